The summed E-state index contributed by atoms with van der Waals surface area (Å²) in [6, 6.07) is 15.0. The minimum absolute atomic E-state index is 0.109. The highest BCUT2D eigenvalue weighted by molar-refractivity contribution is 7.99. The minimum atomic E-state index is -0.639. The summed E-state index contributed by atoms with van der Waals surface area (Å²) in [5.74, 6) is 0.177. The van der Waals surface area contributed by atoms with Gasteiger partial charge in [0, 0.05) is 12.1 Å². The second-order valence-electron chi connectivity index (χ2n) is 8.95. The van der Waals surface area contributed by atoms with E-state index in [1.165, 1.54) is 0 Å². The zero-order valence-electron chi connectivity index (χ0n) is 20.0. The van der Waals surface area contributed by atoms with Crippen molar-refractivity contribution in [2.45, 2.75) is 57.9 Å². The quantitative estimate of drug-likeness (QED) is 0.424. The van der Waals surface area contributed by atoms with Crippen LogP contribution in [0.1, 0.15) is 49.4 Å². The summed E-state index contributed by atoms with van der Waals surface area (Å²) in [6.45, 7) is 9.30. The Morgan fingerprint density at radius 2 is 1.82 bits per heavy atom. The van der Waals surface area contributed by atoms with Crippen molar-refractivity contribution in [3.63, 3.8) is 0 Å². The third-order valence-electron chi connectivity index (χ3n) is 4.69. The number of carbonyl (C=O) groups is 2. The zero-order chi connectivity index (χ0) is 24.7. The Morgan fingerprint density at radius 3 is 2.53 bits per heavy atom. The van der Waals surface area contributed by atoms with Crippen LogP contribution in [0.3, 0.4) is 0 Å². The number of aryl methyl sites for hydroxylation is 2. The molecule has 1 atom stereocenters. The van der Waals surface area contributed by atoms with E-state index in [1.54, 1.807) is 20.8 Å². The van der Waals surface area contributed by atoms with Gasteiger partial charge in [-0.2, -0.15) is 0 Å². The first kappa shape index (κ1) is 25.3. The first-order valence-electron chi connectivity index (χ1n) is 11.0. The highest BCUT2D eigenvalue weighted by atomic mass is 32.2. The van der Waals surface area contributed by atoms with Crippen LogP contribution in [0.15, 0.2) is 58.2 Å². The van der Waals surface area contributed by atoms with E-state index >= 15 is 0 Å². The molecule has 0 unspecified atom stereocenters. The van der Waals surface area contributed by atoms with Gasteiger partial charge in [0.25, 0.3) is 5.22 Å². The monoisotopic (exact) mass is 482 g/mol. The Hall–Kier alpha value is -3.33. The summed E-state index contributed by atoms with van der Waals surface area (Å²) in [6.07, 6.45) is -0.131. The van der Waals surface area contributed by atoms with E-state index in [2.05, 4.69) is 20.8 Å². The standard InChI is InChI=1S/C25H30N4O4S/c1-16-11-12-17(2)19(13-16)26-21(30)15-34-24-29-28-22(32-24)20(14-18-9-7-6-8-10-18)27-23(31)33-25(3,4)5/h6-13,20H,14-15H2,1-5H3,(H,26,30)(H,27,31)/t20-/m0/s1. The fourth-order valence-electron chi connectivity index (χ4n) is 3.10. The summed E-state index contributed by atoms with van der Waals surface area (Å²) in [7, 11) is 0. The number of rotatable bonds is 8. The molecule has 0 fully saturated rings. The van der Waals surface area contributed by atoms with Crippen molar-refractivity contribution in [3.05, 3.63) is 71.1 Å². The summed E-state index contributed by atoms with van der Waals surface area (Å²) >= 11 is 1.13. The summed E-state index contributed by atoms with van der Waals surface area (Å²) in [5.41, 5.74) is 3.18. The highest BCUT2D eigenvalue weighted by Crippen LogP contribution is 2.24. The summed E-state index contributed by atoms with van der Waals surface area (Å²) < 4.78 is 11.2. The number of alkyl carbamates (subject to hydrolysis) is 1. The first-order chi connectivity index (χ1) is 16.1. The zero-order valence-corrected chi connectivity index (χ0v) is 20.9. The predicted molar refractivity (Wildman–Crippen MR) is 132 cm³/mol. The molecule has 1 heterocycles. The van der Waals surface area contributed by atoms with Crippen molar-refractivity contribution >= 4 is 29.4 Å². The molecule has 1 aromatic heterocycles. The van der Waals surface area contributed by atoms with Gasteiger partial charge >= 0.3 is 6.09 Å². The normalized spacial score (nSPS) is 12.1. The van der Waals surface area contributed by atoms with Gasteiger partial charge in [0.2, 0.25) is 11.8 Å². The number of ether oxygens (including phenoxy) is 1. The van der Waals surface area contributed by atoms with Gasteiger partial charge in [-0.25, -0.2) is 4.79 Å². The number of thioether (sulfide) groups is 1. The molecule has 180 valence electrons. The molecule has 0 aliphatic heterocycles. The fourth-order valence-corrected chi connectivity index (χ4v) is 3.67. The first-order valence-corrected chi connectivity index (χ1v) is 11.9. The van der Waals surface area contributed by atoms with Crippen LogP contribution in [0.25, 0.3) is 0 Å². The highest BCUT2D eigenvalue weighted by Gasteiger charge is 2.25. The van der Waals surface area contributed by atoms with Crippen molar-refractivity contribution < 1.29 is 18.7 Å². The Kier molecular flexibility index (Phi) is 8.33. The minimum Gasteiger partial charge on any atom is -0.444 e. The van der Waals surface area contributed by atoms with E-state index in [0.29, 0.717) is 6.42 Å². The fraction of sp³-hybridized carbons (Fsp3) is 0.360. The molecule has 34 heavy (non-hydrogen) atoms. The average molecular weight is 483 g/mol. The van der Waals surface area contributed by atoms with Crippen LogP contribution in [0.2, 0.25) is 0 Å². The van der Waals surface area contributed by atoms with Gasteiger partial charge < -0.3 is 19.8 Å². The van der Waals surface area contributed by atoms with Gasteiger partial charge in [0.05, 0.1) is 5.75 Å². The third-order valence-corrected chi connectivity index (χ3v) is 5.51. The molecule has 0 spiro atoms. The average Bonchev–Trinajstić information content (AvgIpc) is 3.23. The van der Waals surface area contributed by atoms with Crippen molar-refractivity contribution in [1.82, 2.24) is 15.5 Å². The molecule has 2 N–H and O–H groups in total. The molecule has 0 saturated heterocycles. The van der Waals surface area contributed by atoms with Gasteiger partial charge in [0.15, 0.2) is 0 Å². The van der Waals surface area contributed by atoms with Crippen LogP contribution < -0.4 is 10.6 Å². The topological polar surface area (TPSA) is 106 Å². The maximum absolute atomic E-state index is 12.4. The number of anilines is 1. The predicted octanol–water partition coefficient (Wildman–Crippen LogP) is 5.23. The van der Waals surface area contributed by atoms with E-state index in [9.17, 15) is 9.59 Å². The molecule has 3 rings (SSSR count). The van der Waals surface area contributed by atoms with Gasteiger partial charge in [0.1, 0.15) is 11.6 Å². The van der Waals surface area contributed by atoms with Gasteiger partial charge in [-0.1, -0.05) is 54.2 Å². The summed E-state index contributed by atoms with van der Waals surface area (Å²) in [5, 5.41) is 14.1. The van der Waals surface area contributed by atoms with Gasteiger partial charge in [-0.3, -0.25) is 4.79 Å². The number of nitrogens with one attached hydrogen (secondary N) is 2. The van der Waals surface area contributed by atoms with Crippen LogP contribution in [0.5, 0.6) is 0 Å². The number of nitrogens with zero attached hydrogens (tertiary/aromatic N) is 2. The number of benzene rings is 2. The van der Waals surface area contributed by atoms with Crippen LogP contribution in [0, 0.1) is 13.8 Å². The van der Waals surface area contributed by atoms with Gasteiger partial charge in [-0.05, 0) is 57.4 Å². The molecule has 0 saturated carbocycles. The number of hydrogen-bond donors (Lipinski definition) is 2. The van der Waals surface area contributed by atoms with Crippen molar-refractivity contribution in [3.8, 4) is 0 Å². The largest absolute Gasteiger partial charge is 0.444 e. The SMILES string of the molecule is Cc1ccc(C)c(NC(=O)CSc2nnc([C@H](Cc3ccccc3)NC(=O)OC(C)(C)C)o2)c1. The number of amides is 2. The van der Waals surface area contributed by atoms with E-state index in [0.717, 1.165) is 34.1 Å². The molecule has 8 nitrogen and oxygen atoms in total. The van der Waals surface area contributed by atoms with Crippen LogP contribution in [-0.4, -0.2) is 33.6 Å². The lowest BCUT2D eigenvalue weighted by molar-refractivity contribution is -0.113. The Labute approximate surface area is 203 Å². The van der Waals surface area contributed by atoms with E-state index in [-0.39, 0.29) is 22.8 Å². The second-order valence-corrected chi connectivity index (χ2v) is 9.88. The molecule has 0 bridgehead atoms. The maximum atomic E-state index is 12.4. The lowest BCUT2D eigenvalue weighted by Crippen LogP contribution is -2.36. The Morgan fingerprint density at radius 1 is 1.09 bits per heavy atom. The molecule has 0 aliphatic carbocycles. The van der Waals surface area contributed by atoms with E-state index < -0.39 is 17.7 Å². The summed E-state index contributed by atoms with van der Waals surface area (Å²) in [4.78, 5) is 24.8. The van der Waals surface area contributed by atoms with Crippen molar-refractivity contribution in [2.24, 2.45) is 0 Å². The van der Waals surface area contributed by atoms with E-state index in [1.807, 2.05) is 62.4 Å². The van der Waals surface area contributed by atoms with Gasteiger partial charge in [-0.15, -0.1) is 10.2 Å². The molecule has 2 aromatic carbocycles. The second kappa shape index (κ2) is 11.2. The molecule has 3 aromatic rings. The number of carbonyl (C=O) groups excluding carboxylic acids is 2. The lowest BCUT2D eigenvalue weighted by atomic mass is 10.1. The number of aromatic nitrogens is 2. The van der Waals surface area contributed by atoms with Crippen LogP contribution in [0.4, 0.5) is 10.5 Å². The maximum Gasteiger partial charge on any atom is 0.408 e. The van der Waals surface area contributed by atoms with E-state index in [4.69, 9.17) is 9.15 Å². The van der Waals surface area contributed by atoms with Crippen molar-refractivity contribution in [1.29, 1.82) is 0 Å². The smallest absolute Gasteiger partial charge is 0.408 e. The molecular formula is C25H30N4O4S. The molecule has 0 radical (unpaired) electrons. The lowest BCUT2D eigenvalue weighted by Gasteiger charge is -2.22. The molecule has 9 heteroatoms. The van der Waals surface area contributed by atoms with Crippen LogP contribution in [-0.2, 0) is 16.0 Å². The molecular weight excluding hydrogens is 452 g/mol. The number of hydrogen-bond acceptors (Lipinski definition) is 7. The molecule has 2 amide bonds. The Bertz CT molecular complexity index is 1130. The Balaban J connectivity index is 1.65. The molecule has 0 aliphatic rings. The van der Waals surface area contributed by atoms with Crippen molar-refractivity contribution in [2.75, 3.05) is 11.1 Å². The third kappa shape index (κ3) is 7.91. The van der Waals surface area contributed by atoms with Crippen LogP contribution >= 0.6 is 11.8 Å².